The first-order valence-electron chi connectivity index (χ1n) is 6.42. The van der Waals surface area contributed by atoms with Crippen molar-refractivity contribution in [3.8, 4) is 6.07 Å². The quantitative estimate of drug-likeness (QED) is 0.908. The molecule has 0 bridgehead atoms. The maximum atomic E-state index is 8.76. The lowest BCUT2D eigenvalue weighted by molar-refractivity contribution is 0.899. The van der Waals surface area contributed by atoms with Crippen molar-refractivity contribution in [2.75, 3.05) is 5.32 Å². The molecule has 3 rings (SSSR count). The molecule has 0 saturated heterocycles. The van der Waals surface area contributed by atoms with Gasteiger partial charge in [-0.1, -0.05) is 12.1 Å². The van der Waals surface area contributed by atoms with Gasteiger partial charge in [0.05, 0.1) is 11.6 Å². The molecule has 2 aromatic rings. The van der Waals surface area contributed by atoms with E-state index in [0.29, 0.717) is 5.56 Å². The fourth-order valence-electron chi connectivity index (χ4n) is 2.39. The number of nitrogens with one attached hydrogen (secondary N) is 1. The fourth-order valence-corrected chi connectivity index (χ4v) is 2.39. The van der Waals surface area contributed by atoms with Crippen molar-refractivity contribution in [1.29, 1.82) is 5.26 Å². The van der Waals surface area contributed by atoms with Crippen molar-refractivity contribution in [1.82, 2.24) is 9.97 Å². The number of aryl methyl sites for hydroxylation is 1. The highest BCUT2D eigenvalue weighted by molar-refractivity contribution is 5.48. The van der Waals surface area contributed by atoms with Crippen LogP contribution in [0.3, 0.4) is 0 Å². The fraction of sp³-hybridized carbons (Fsp3) is 0.267. The number of nitrogens with zero attached hydrogens (tertiary/aromatic N) is 3. The number of anilines is 1. The second kappa shape index (κ2) is 5.07. The third kappa shape index (κ3) is 2.41. The van der Waals surface area contributed by atoms with Gasteiger partial charge < -0.3 is 5.32 Å². The van der Waals surface area contributed by atoms with Crippen LogP contribution in [-0.2, 0) is 19.4 Å². The van der Waals surface area contributed by atoms with E-state index in [4.69, 9.17) is 5.26 Å². The summed E-state index contributed by atoms with van der Waals surface area (Å²) in [5.41, 5.74) is 4.27. The van der Waals surface area contributed by atoms with Crippen molar-refractivity contribution >= 4 is 5.82 Å². The molecule has 0 radical (unpaired) electrons. The Hall–Kier alpha value is -2.41. The van der Waals surface area contributed by atoms with Crippen LogP contribution in [0.2, 0.25) is 0 Å². The molecule has 0 saturated carbocycles. The Labute approximate surface area is 112 Å². The van der Waals surface area contributed by atoms with Gasteiger partial charge in [-0.2, -0.15) is 5.26 Å². The molecule has 1 N–H and O–H groups in total. The number of hydrogen-bond donors (Lipinski definition) is 1. The first kappa shape index (κ1) is 11.7. The summed E-state index contributed by atoms with van der Waals surface area (Å²) in [5.74, 6) is 0.951. The summed E-state index contributed by atoms with van der Waals surface area (Å²) in [7, 11) is 0. The molecule has 0 unspecified atom stereocenters. The Morgan fingerprint density at radius 3 is 2.79 bits per heavy atom. The minimum Gasteiger partial charge on any atom is -0.366 e. The maximum Gasteiger partial charge on any atom is 0.133 e. The standard InChI is InChI=1S/C15H14N4/c16-8-11-4-6-12(7-5-11)9-17-15-13-2-1-3-14(13)18-10-19-15/h4-7,10H,1-3,9H2,(H,17,18,19). The predicted molar refractivity (Wildman–Crippen MR) is 72.5 cm³/mol. The number of nitriles is 1. The lowest BCUT2D eigenvalue weighted by Gasteiger charge is -2.09. The number of rotatable bonds is 3. The molecule has 1 heterocycles. The third-order valence-corrected chi connectivity index (χ3v) is 3.42. The van der Waals surface area contributed by atoms with Crippen LogP contribution in [0.5, 0.6) is 0 Å². The smallest absolute Gasteiger partial charge is 0.133 e. The number of benzene rings is 1. The molecule has 1 aromatic carbocycles. The molecule has 94 valence electrons. The average molecular weight is 250 g/mol. The zero-order valence-electron chi connectivity index (χ0n) is 10.6. The molecule has 4 heteroatoms. The van der Waals surface area contributed by atoms with Crippen molar-refractivity contribution in [2.24, 2.45) is 0 Å². The van der Waals surface area contributed by atoms with Crippen LogP contribution < -0.4 is 5.32 Å². The van der Waals surface area contributed by atoms with Gasteiger partial charge in [0.2, 0.25) is 0 Å². The van der Waals surface area contributed by atoms with Gasteiger partial charge in [0.1, 0.15) is 12.1 Å². The summed E-state index contributed by atoms with van der Waals surface area (Å²) in [6.45, 7) is 0.717. The summed E-state index contributed by atoms with van der Waals surface area (Å²) < 4.78 is 0. The van der Waals surface area contributed by atoms with E-state index < -0.39 is 0 Å². The largest absolute Gasteiger partial charge is 0.366 e. The van der Waals surface area contributed by atoms with E-state index in [1.165, 1.54) is 17.7 Å². The zero-order chi connectivity index (χ0) is 13.1. The highest BCUT2D eigenvalue weighted by Crippen LogP contribution is 2.25. The van der Waals surface area contributed by atoms with Gasteiger partial charge in [0.25, 0.3) is 0 Å². The molecule has 4 nitrogen and oxygen atoms in total. The number of fused-ring (bicyclic) bond motifs is 1. The molecule has 19 heavy (non-hydrogen) atoms. The van der Waals surface area contributed by atoms with E-state index in [1.807, 2.05) is 24.3 Å². The Morgan fingerprint density at radius 2 is 2.00 bits per heavy atom. The van der Waals surface area contributed by atoms with E-state index >= 15 is 0 Å². The highest BCUT2D eigenvalue weighted by Gasteiger charge is 2.16. The van der Waals surface area contributed by atoms with Gasteiger partial charge in [-0.25, -0.2) is 9.97 Å². The number of hydrogen-bond acceptors (Lipinski definition) is 4. The van der Waals surface area contributed by atoms with Crippen LogP contribution >= 0.6 is 0 Å². The molecule has 1 aromatic heterocycles. The summed E-state index contributed by atoms with van der Waals surface area (Å²) in [4.78, 5) is 8.64. The molecule has 0 fully saturated rings. The van der Waals surface area contributed by atoms with E-state index in [-0.39, 0.29) is 0 Å². The molecular formula is C15H14N4. The topological polar surface area (TPSA) is 61.6 Å². The highest BCUT2D eigenvalue weighted by atomic mass is 15.0. The Bertz CT molecular complexity index is 626. The number of aromatic nitrogens is 2. The second-order valence-electron chi connectivity index (χ2n) is 4.66. The molecule has 1 aliphatic rings. The van der Waals surface area contributed by atoms with Gasteiger partial charge >= 0.3 is 0 Å². The van der Waals surface area contributed by atoms with E-state index in [9.17, 15) is 0 Å². The molecule has 0 spiro atoms. The lowest BCUT2D eigenvalue weighted by atomic mass is 10.1. The van der Waals surface area contributed by atoms with Gasteiger partial charge in [0.15, 0.2) is 0 Å². The normalized spacial score (nSPS) is 12.8. The maximum absolute atomic E-state index is 8.76. The molecule has 0 atom stereocenters. The molecular weight excluding hydrogens is 236 g/mol. The van der Waals surface area contributed by atoms with Crippen LogP contribution in [0.15, 0.2) is 30.6 Å². The van der Waals surface area contributed by atoms with E-state index in [1.54, 1.807) is 6.33 Å². The van der Waals surface area contributed by atoms with Gasteiger partial charge in [-0.3, -0.25) is 0 Å². The van der Waals surface area contributed by atoms with Gasteiger partial charge in [-0.15, -0.1) is 0 Å². The minimum absolute atomic E-state index is 0.687. The first-order chi connectivity index (χ1) is 9.36. The Morgan fingerprint density at radius 1 is 1.16 bits per heavy atom. The van der Waals surface area contributed by atoms with Crippen molar-refractivity contribution in [2.45, 2.75) is 25.8 Å². The van der Waals surface area contributed by atoms with Crippen LogP contribution in [0.1, 0.15) is 28.8 Å². The van der Waals surface area contributed by atoms with Crippen LogP contribution in [0, 0.1) is 11.3 Å². The van der Waals surface area contributed by atoms with E-state index in [2.05, 4.69) is 21.4 Å². The third-order valence-electron chi connectivity index (χ3n) is 3.42. The minimum atomic E-state index is 0.687. The predicted octanol–water partition coefficient (Wildman–Crippen LogP) is 2.45. The van der Waals surface area contributed by atoms with Crippen LogP contribution in [0.4, 0.5) is 5.82 Å². The summed E-state index contributed by atoms with van der Waals surface area (Å²) in [6.07, 6.45) is 4.92. The van der Waals surface area contributed by atoms with Crippen LogP contribution in [-0.4, -0.2) is 9.97 Å². The van der Waals surface area contributed by atoms with Crippen molar-refractivity contribution in [3.05, 3.63) is 53.0 Å². The summed E-state index contributed by atoms with van der Waals surface area (Å²) >= 11 is 0. The van der Waals surface area contributed by atoms with Gasteiger partial charge in [0, 0.05) is 17.8 Å². The Balaban J connectivity index is 1.72. The molecule has 0 amide bonds. The summed E-state index contributed by atoms with van der Waals surface area (Å²) in [6, 6.07) is 9.72. The zero-order valence-corrected chi connectivity index (χ0v) is 10.6. The lowest BCUT2D eigenvalue weighted by Crippen LogP contribution is -2.05. The first-order valence-corrected chi connectivity index (χ1v) is 6.42. The Kier molecular flexibility index (Phi) is 3.11. The second-order valence-corrected chi connectivity index (χ2v) is 4.66. The van der Waals surface area contributed by atoms with E-state index in [0.717, 1.165) is 30.8 Å². The average Bonchev–Trinajstić information content (AvgIpc) is 2.94. The van der Waals surface area contributed by atoms with Crippen LogP contribution in [0.25, 0.3) is 0 Å². The van der Waals surface area contributed by atoms with Crippen molar-refractivity contribution in [3.63, 3.8) is 0 Å². The molecule has 1 aliphatic carbocycles. The van der Waals surface area contributed by atoms with Gasteiger partial charge in [-0.05, 0) is 37.0 Å². The monoisotopic (exact) mass is 250 g/mol. The van der Waals surface area contributed by atoms with Crippen molar-refractivity contribution < 1.29 is 0 Å². The summed E-state index contributed by atoms with van der Waals surface area (Å²) in [5, 5.41) is 12.1. The molecule has 0 aliphatic heterocycles. The SMILES string of the molecule is N#Cc1ccc(CNc2ncnc3c2CCC3)cc1.